The van der Waals surface area contributed by atoms with Gasteiger partial charge in [-0.15, -0.1) is 0 Å². The number of hydrogen-bond donors (Lipinski definition) is 0. The van der Waals surface area contributed by atoms with Crippen molar-refractivity contribution in [3.63, 3.8) is 0 Å². The maximum absolute atomic E-state index is 12.8. The molecule has 196 valence electrons. The Kier molecular flexibility index (Phi) is 9.83. The van der Waals surface area contributed by atoms with E-state index in [0.717, 1.165) is 0 Å². The smallest absolute Gasteiger partial charge is 0.397 e. The molecule has 0 N–H and O–H groups in total. The highest BCUT2D eigenvalue weighted by atomic mass is 35.6. The average Bonchev–Trinajstić information content (AvgIpc) is 2.88. The predicted molar refractivity (Wildman–Crippen MR) is 137 cm³/mol. The summed E-state index contributed by atoms with van der Waals surface area (Å²) in [6.07, 6.45) is -0.303. The summed E-state index contributed by atoms with van der Waals surface area (Å²) < 4.78 is 13.2. The Bertz CT molecular complexity index is 1170. The van der Waals surface area contributed by atoms with E-state index in [4.69, 9.17) is 44.3 Å². The number of halogens is 3. The van der Waals surface area contributed by atoms with Crippen molar-refractivity contribution in [3.8, 4) is 11.5 Å². The third-order valence-corrected chi connectivity index (χ3v) is 6.57. The van der Waals surface area contributed by atoms with E-state index in [-0.39, 0.29) is 13.0 Å². The number of carbonyl (C=O) groups is 5. The molecule has 0 aromatic heterocycles. The third-order valence-electron chi connectivity index (χ3n) is 5.08. The average molecular weight is 589 g/mol. The molecular weight excluding hydrogens is 569 g/mol. The number of alkyl halides is 3. The second-order valence-electron chi connectivity index (χ2n) is 7.65. The fraction of sp³-hybridized carbons (Fsp3) is 0.292. The fourth-order valence-corrected chi connectivity index (χ4v) is 4.53. The van der Waals surface area contributed by atoms with E-state index in [1.54, 1.807) is 42.5 Å². The van der Waals surface area contributed by atoms with Crippen molar-refractivity contribution in [1.29, 1.82) is 0 Å². The molecule has 2 aromatic carbocycles. The molecule has 1 fully saturated rings. The van der Waals surface area contributed by atoms with E-state index in [1.807, 2.05) is 0 Å². The number of likely N-dealkylation sites (tertiary alicyclic amines) is 1. The zero-order chi connectivity index (χ0) is 27.2. The minimum atomic E-state index is -1.97. The van der Waals surface area contributed by atoms with Gasteiger partial charge in [-0.05, 0) is 36.4 Å². The molecule has 3 rings (SSSR count). The molecule has 2 atom stereocenters. The molecule has 1 aliphatic heterocycles. The summed E-state index contributed by atoms with van der Waals surface area (Å²) in [4.78, 5) is 63.7. The molecule has 0 bridgehead atoms. The maximum atomic E-state index is 12.8. The number of rotatable bonds is 9. The van der Waals surface area contributed by atoms with Crippen molar-refractivity contribution in [2.45, 2.75) is 15.6 Å². The van der Waals surface area contributed by atoms with Crippen LogP contribution in [-0.4, -0.2) is 63.1 Å². The van der Waals surface area contributed by atoms with Gasteiger partial charge < -0.3 is 14.2 Å². The molecular formula is C24H20Cl3NO8S. The van der Waals surface area contributed by atoms with Crippen molar-refractivity contribution < 1.29 is 38.2 Å². The van der Waals surface area contributed by atoms with Gasteiger partial charge in [0.1, 0.15) is 23.5 Å². The van der Waals surface area contributed by atoms with Crippen LogP contribution in [0, 0.1) is 5.92 Å². The lowest BCUT2D eigenvalue weighted by Gasteiger charge is -2.43. The second kappa shape index (κ2) is 12.6. The minimum absolute atomic E-state index is 0.303. The van der Waals surface area contributed by atoms with Crippen LogP contribution in [0.15, 0.2) is 54.6 Å². The number of Topliss-reactive ketones (excluding diaryl/α,β-unsaturated/α-hetero) is 1. The Labute approximate surface area is 231 Å². The molecule has 0 aliphatic carbocycles. The Morgan fingerprint density at radius 2 is 1.62 bits per heavy atom. The first-order valence-electron chi connectivity index (χ1n) is 10.7. The van der Waals surface area contributed by atoms with Crippen LogP contribution >= 0.6 is 46.6 Å². The van der Waals surface area contributed by atoms with Crippen molar-refractivity contribution in [3.05, 3.63) is 60.2 Å². The van der Waals surface area contributed by atoms with Crippen LogP contribution in [0.3, 0.4) is 0 Å². The van der Waals surface area contributed by atoms with E-state index in [9.17, 15) is 24.0 Å². The summed E-state index contributed by atoms with van der Waals surface area (Å²) in [5, 5.41) is -1.68. The van der Waals surface area contributed by atoms with Crippen molar-refractivity contribution in [2.75, 3.05) is 20.3 Å². The number of ether oxygens (including phenoxy) is 3. The third kappa shape index (κ3) is 7.85. The number of esters is 1. The summed E-state index contributed by atoms with van der Waals surface area (Å²) in [6.45, 7) is -1.11. The van der Waals surface area contributed by atoms with E-state index in [1.165, 1.54) is 19.2 Å². The number of ketones is 1. The predicted octanol–water partition coefficient (Wildman–Crippen LogP) is 3.83. The molecule has 0 radical (unpaired) electrons. The van der Waals surface area contributed by atoms with Crippen molar-refractivity contribution in [1.82, 2.24) is 4.90 Å². The van der Waals surface area contributed by atoms with Gasteiger partial charge in [0, 0.05) is 12.0 Å². The van der Waals surface area contributed by atoms with Gasteiger partial charge in [0.05, 0.1) is 13.0 Å². The number of thioether (sulfide) groups is 1. The van der Waals surface area contributed by atoms with Crippen LogP contribution in [0.2, 0.25) is 0 Å². The molecule has 1 heterocycles. The normalized spacial score (nSPS) is 17.0. The highest BCUT2D eigenvalue weighted by Crippen LogP contribution is 2.39. The van der Waals surface area contributed by atoms with Gasteiger partial charge in [-0.25, -0.2) is 4.79 Å². The molecule has 1 saturated heterocycles. The molecule has 2 amide bonds. The van der Waals surface area contributed by atoms with Crippen molar-refractivity contribution >= 4 is 75.2 Å². The Morgan fingerprint density at radius 3 is 2.22 bits per heavy atom. The number of methoxy groups -OCH3 is 1. The van der Waals surface area contributed by atoms with Gasteiger partial charge in [-0.1, -0.05) is 64.8 Å². The Balaban J connectivity index is 1.72. The maximum Gasteiger partial charge on any atom is 0.397 e. The molecule has 2 aromatic rings. The van der Waals surface area contributed by atoms with Gasteiger partial charge in [0.2, 0.25) is 14.8 Å². The summed E-state index contributed by atoms with van der Waals surface area (Å²) >= 11 is 17.2. The zero-order valence-electron chi connectivity index (χ0n) is 19.2. The lowest BCUT2D eigenvalue weighted by Crippen LogP contribution is -2.64. The lowest BCUT2D eigenvalue weighted by atomic mass is 9.90. The van der Waals surface area contributed by atoms with Crippen LogP contribution in [0.1, 0.15) is 16.8 Å². The number of β-lactam (4-membered cyclic amide) rings is 1. The molecule has 9 nitrogen and oxygen atoms in total. The number of nitrogens with zero attached hydrogens (tertiary/aromatic N) is 1. The minimum Gasteiger partial charge on any atom is -0.497 e. The van der Waals surface area contributed by atoms with Crippen LogP contribution < -0.4 is 9.47 Å². The molecule has 0 unspecified atom stereocenters. The largest absolute Gasteiger partial charge is 0.497 e. The first-order valence-corrected chi connectivity index (χ1v) is 12.7. The van der Waals surface area contributed by atoms with Crippen molar-refractivity contribution in [2.24, 2.45) is 5.92 Å². The van der Waals surface area contributed by atoms with Crippen LogP contribution in [0.25, 0.3) is 0 Å². The Morgan fingerprint density at radius 1 is 0.973 bits per heavy atom. The summed E-state index contributed by atoms with van der Waals surface area (Å²) in [6, 6.07) is 14.8. The molecule has 0 saturated carbocycles. The van der Waals surface area contributed by atoms with Gasteiger partial charge in [-0.2, -0.15) is 0 Å². The van der Waals surface area contributed by atoms with E-state index >= 15 is 0 Å². The number of para-hydroxylation sites is 1. The van der Waals surface area contributed by atoms with Gasteiger partial charge in [-0.3, -0.25) is 24.1 Å². The van der Waals surface area contributed by atoms with Crippen LogP contribution in [0.4, 0.5) is 0 Å². The quantitative estimate of drug-likeness (QED) is 0.142. The van der Waals surface area contributed by atoms with Gasteiger partial charge in [0.15, 0.2) is 12.4 Å². The number of amides is 2. The van der Waals surface area contributed by atoms with Crippen LogP contribution in [0.5, 0.6) is 11.5 Å². The first-order chi connectivity index (χ1) is 17.5. The Hall–Kier alpha value is -2.79. The zero-order valence-corrected chi connectivity index (χ0v) is 22.3. The molecule has 13 heteroatoms. The number of imide groups is 1. The SMILES string of the molecule is COc1ccc(C(=O)C[C@@H]2C(=O)N(C(=O)C(=O)OCC(Cl)(Cl)Cl)[C@@H]2SC(=O)COc2ccccc2)cc1. The second-order valence-corrected chi connectivity index (χ2v) is 11.3. The number of carbonyl (C=O) groups excluding carboxylic acids is 5. The summed E-state index contributed by atoms with van der Waals surface area (Å²) in [5.74, 6) is -4.07. The molecule has 0 spiro atoms. The number of benzene rings is 2. The fourth-order valence-electron chi connectivity index (χ4n) is 3.29. The monoisotopic (exact) mass is 587 g/mol. The lowest BCUT2D eigenvalue weighted by molar-refractivity contribution is -0.172. The van der Waals surface area contributed by atoms with E-state index in [0.29, 0.717) is 33.7 Å². The van der Waals surface area contributed by atoms with Gasteiger partial charge >= 0.3 is 11.9 Å². The molecule has 37 heavy (non-hydrogen) atoms. The summed E-state index contributed by atoms with van der Waals surface area (Å²) in [7, 11) is 1.48. The van der Waals surface area contributed by atoms with E-state index in [2.05, 4.69) is 4.74 Å². The highest BCUT2D eigenvalue weighted by Gasteiger charge is 2.54. The van der Waals surface area contributed by atoms with Crippen LogP contribution in [-0.2, 0) is 23.9 Å². The number of hydrogen-bond acceptors (Lipinski definition) is 9. The summed E-state index contributed by atoms with van der Waals surface area (Å²) in [5.41, 5.74) is 0.308. The topological polar surface area (TPSA) is 116 Å². The standard InChI is InChI=1S/C24H20Cl3NO8S/c1-34-15-9-7-14(8-10-15)18(29)11-17-20(31)28(21(32)23(33)36-13-24(25,26)27)22(17)37-19(30)12-35-16-5-3-2-4-6-16/h2-10,17,22H,11-13H2,1H3/t17-,22-/m1/s1. The van der Waals surface area contributed by atoms with E-state index < -0.39 is 50.4 Å². The first kappa shape index (κ1) is 28.8. The molecule has 1 aliphatic rings. The highest BCUT2D eigenvalue weighted by molar-refractivity contribution is 8.14. The van der Waals surface area contributed by atoms with Gasteiger partial charge in [0.25, 0.3) is 0 Å².